The van der Waals surface area contributed by atoms with E-state index in [-0.39, 0.29) is 30.8 Å². The van der Waals surface area contributed by atoms with Crippen molar-refractivity contribution in [2.45, 2.75) is 75.5 Å². The van der Waals surface area contributed by atoms with Crippen molar-refractivity contribution in [3.8, 4) is 0 Å². The topological polar surface area (TPSA) is 96.2 Å². The monoisotopic (exact) mass is 320 g/mol. The summed E-state index contributed by atoms with van der Waals surface area (Å²) in [5.41, 5.74) is 0. The maximum Gasteiger partial charge on any atom is 0.318 e. The average molecular weight is 320 g/mol. The quantitative estimate of drug-likeness (QED) is 0.868. The lowest BCUT2D eigenvalue weighted by Gasteiger charge is -2.30. The summed E-state index contributed by atoms with van der Waals surface area (Å²) in [6.07, 6.45) is 8.25. The lowest BCUT2D eigenvalue weighted by atomic mass is 10.2. The van der Waals surface area contributed by atoms with E-state index in [1.54, 1.807) is 4.90 Å². The Morgan fingerprint density at radius 1 is 1.17 bits per heavy atom. The molecule has 8 heteroatoms. The van der Waals surface area contributed by atoms with Crippen LogP contribution in [0, 0.1) is 0 Å². The number of likely N-dealkylation sites (tertiary alicyclic amines) is 1. The second kappa shape index (κ2) is 6.07. The molecule has 2 amide bonds. The molecule has 2 aliphatic carbocycles. The molecule has 2 N–H and O–H groups in total. The van der Waals surface area contributed by atoms with Crippen LogP contribution in [-0.4, -0.2) is 54.9 Å². The summed E-state index contributed by atoms with van der Waals surface area (Å²) in [4.78, 5) is 14.6. The van der Waals surface area contributed by atoms with Crippen LogP contribution in [0.25, 0.3) is 0 Å². The Kier molecular flexibility index (Phi) is 3.92. The first-order valence-corrected chi connectivity index (χ1v) is 8.75. The Hall–Kier alpha value is -1.70. The lowest BCUT2D eigenvalue weighted by molar-refractivity contribution is 0.132. The summed E-state index contributed by atoms with van der Waals surface area (Å²) in [5.74, 6) is 0.769. The fourth-order valence-electron chi connectivity index (χ4n) is 3.94. The lowest BCUT2D eigenvalue weighted by Crippen LogP contribution is -2.48. The molecule has 3 fully saturated rings. The minimum Gasteiger partial charge on any atom is -0.394 e. The summed E-state index contributed by atoms with van der Waals surface area (Å²) in [6, 6.07) is 0.286. The molecular formula is C15H24N6O2. The molecule has 23 heavy (non-hydrogen) atoms. The normalized spacial score (nSPS) is 28.5. The molecule has 3 aliphatic rings. The van der Waals surface area contributed by atoms with Crippen LogP contribution in [-0.2, 0) is 0 Å². The van der Waals surface area contributed by atoms with E-state index in [4.69, 9.17) is 0 Å². The number of amides is 2. The van der Waals surface area contributed by atoms with Gasteiger partial charge in [0, 0.05) is 6.04 Å². The zero-order valence-electron chi connectivity index (χ0n) is 13.3. The van der Waals surface area contributed by atoms with E-state index in [0.29, 0.717) is 6.04 Å². The number of hydrogen-bond donors (Lipinski definition) is 2. The number of aromatic nitrogens is 4. The predicted octanol–water partition coefficient (Wildman–Crippen LogP) is 1.16. The van der Waals surface area contributed by atoms with Crippen LogP contribution in [0.4, 0.5) is 4.79 Å². The van der Waals surface area contributed by atoms with E-state index in [0.717, 1.165) is 44.3 Å². The third-order valence-corrected chi connectivity index (χ3v) is 5.34. The molecule has 2 heterocycles. The van der Waals surface area contributed by atoms with Gasteiger partial charge in [0.05, 0.1) is 24.7 Å². The zero-order chi connectivity index (χ0) is 15.8. The maximum absolute atomic E-state index is 12.8. The van der Waals surface area contributed by atoms with Crippen molar-refractivity contribution >= 4 is 6.03 Å². The standard InChI is InChI=1S/C15H24N6O2/c22-9-12-7-8-13(14-17-18-19-21(14)11-5-6-11)20(12)15(23)16-10-3-1-2-4-10/h10-13,22H,1-9H2,(H,16,23)/t12-,13+/m0/s1. The molecule has 1 saturated heterocycles. The third-order valence-electron chi connectivity index (χ3n) is 5.34. The van der Waals surface area contributed by atoms with Crippen molar-refractivity contribution in [3.63, 3.8) is 0 Å². The van der Waals surface area contributed by atoms with E-state index >= 15 is 0 Å². The summed E-state index contributed by atoms with van der Waals surface area (Å²) in [5, 5.41) is 24.9. The van der Waals surface area contributed by atoms with Gasteiger partial charge in [0.25, 0.3) is 0 Å². The van der Waals surface area contributed by atoms with Crippen LogP contribution in [0.15, 0.2) is 0 Å². The predicted molar refractivity (Wildman–Crippen MR) is 81.6 cm³/mol. The second-order valence-electron chi connectivity index (χ2n) is 6.98. The van der Waals surface area contributed by atoms with E-state index in [1.807, 2.05) is 4.68 Å². The van der Waals surface area contributed by atoms with Crippen molar-refractivity contribution in [2.24, 2.45) is 0 Å². The number of nitrogens with one attached hydrogen (secondary N) is 1. The Labute approximate surface area is 135 Å². The number of nitrogens with zero attached hydrogens (tertiary/aromatic N) is 5. The van der Waals surface area contributed by atoms with Gasteiger partial charge in [-0.3, -0.25) is 0 Å². The van der Waals surface area contributed by atoms with Crippen molar-refractivity contribution in [1.29, 1.82) is 0 Å². The summed E-state index contributed by atoms with van der Waals surface area (Å²) in [7, 11) is 0. The molecule has 4 rings (SSSR count). The Balaban J connectivity index is 1.54. The largest absolute Gasteiger partial charge is 0.394 e. The molecule has 8 nitrogen and oxygen atoms in total. The minimum absolute atomic E-state index is 0.0143. The molecule has 2 saturated carbocycles. The molecule has 2 atom stereocenters. The van der Waals surface area contributed by atoms with Gasteiger partial charge in [0.2, 0.25) is 0 Å². The van der Waals surface area contributed by atoms with E-state index in [1.165, 1.54) is 12.8 Å². The van der Waals surface area contributed by atoms with Crippen LogP contribution in [0.3, 0.4) is 0 Å². The smallest absolute Gasteiger partial charge is 0.318 e. The number of carbonyl (C=O) groups is 1. The number of aliphatic hydroxyl groups excluding tert-OH is 1. The highest BCUT2D eigenvalue weighted by molar-refractivity contribution is 5.75. The Morgan fingerprint density at radius 2 is 1.96 bits per heavy atom. The molecule has 1 aromatic heterocycles. The third kappa shape index (κ3) is 2.80. The summed E-state index contributed by atoms with van der Waals surface area (Å²) >= 11 is 0. The van der Waals surface area contributed by atoms with Gasteiger partial charge in [-0.1, -0.05) is 12.8 Å². The van der Waals surface area contributed by atoms with Gasteiger partial charge >= 0.3 is 6.03 Å². The highest BCUT2D eigenvalue weighted by Crippen LogP contribution is 2.40. The van der Waals surface area contributed by atoms with Crippen molar-refractivity contribution < 1.29 is 9.90 Å². The Morgan fingerprint density at radius 3 is 2.65 bits per heavy atom. The first-order chi connectivity index (χ1) is 11.3. The molecule has 0 bridgehead atoms. The van der Waals surface area contributed by atoms with Gasteiger partial charge in [0.1, 0.15) is 0 Å². The molecule has 1 aromatic rings. The molecule has 0 unspecified atom stereocenters. The van der Waals surface area contributed by atoms with Crippen molar-refractivity contribution in [2.75, 3.05) is 6.61 Å². The van der Waals surface area contributed by atoms with Gasteiger partial charge in [-0.2, -0.15) is 0 Å². The van der Waals surface area contributed by atoms with Crippen LogP contribution in [0.5, 0.6) is 0 Å². The van der Waals surface area contributed by atoms with E-state index < -0.39 is 0 Å². The van der Waals surface area contributed by atoms with Gasteiger partial charge in [-0.05, 0) is 49.0 Å². The van der Waals surface area contributed by atoms with Gasteiger partial charge in [-0.25, -0.2) is 9.48 Å². The van der Waals surface area contributed by atoms with Crippen molar-refractivity contribution in [1.82, 2.24) is 30.4 Å². The second-order valence-corrected chi connectivity index (χ2v) is 6.98. The number of hydrogen-bond acceptors (Lipinski definition) is 5. The van der Waals surface area contributed by atoms with E-state index in [2.05, 4.69) is 20.8 Å². The summed E-state index contributed by atoms with van der Waals surface area (Å²) in [6.45, 7) is -0.0143. The van der Waals surface area contributed by atoms with Gasteiger partial charge in [-0.15, -0.1) is 5.10 Å². The number of aliphatic hydroxyl groups is 1. The number of rotatable bonds is 4. The van der Waals surface area contributed by atoms with Crippen molar-refractivity contribution in [3.05, 3.63) is 5.82 Å². The minimum atomic E-state index is -0.147. The molecule has 0 aromatic carbocycles. The Bertz CT molecular complexity index is 566. The zero-order valence-corrected chi connectivity index (χ0v) is 13.3. The molecule has 0 spiro atoms. The molecule has 126 valence electrons. The highest BCUT2D eigenvalue weighted by Gasteiger charge is 2.42. The van der Waals surface area contributed by atoms with Gasteiger partial charge < -0.3 is 15.3 Å². The number of carbonyl (C=O) groups excluding carboxylic acids is 1. The summed E-state index contributed by atoms with van der Waals surface area (Å²) < 4.78 is 1.88. The SMILES string of the molecule is O=C(NC1CCCC1)N1[C@H](CO)CC[C@@H]1c1nnnn1C1CC1. The van der Waals surface area contributed by atoms with E-state index in [9.17, 15) is 9.90 Å². The number of urea groups is 1. The first-order valence-electron chi connectivity index (χ1n) is 8.75. The molecule has 0 radical (unpaired) electrons. The highest BCUT2D eigenvalue weighted by atomic mass is 16.3. The van der Waals surface area contributed by atoms with Crippen LogP contribution in [0.2, 0.25) is 0 Å². The van der Waals surface area contributed by atoms with Crippen LogP contribution >= 0.6 is 0 Å². The fourth-order valence-corrected chi connectivity index (χ4v) is 3.94. The van der Waals surface area contributed by atoms with Gasteiger partial charge in [0.15, 0.2) is 5.82 Å². The van der Waals surface area contributed by atoms with Crippen LogP contribution < -0.4 is 5.32 Å². The number of tetrazole rings is 1. The molecule has 1 aliphatic heterocycles. The fraction of sp³-hybridized carbons (Fsp3) is 0.867. The van der Waals surface area contributed by atoms with Crippen LogP contribution in [0.1, 0.15) is 69.3 Å². The molecular weight excluding hydrogens is 296 g/mol. The maximum atomic E-state index is 12.8. The first kappa shape index (κ1) is 14.9. The average Bonchev–Trinajstić information content (AvgIpc) is 2.98.